The summed E-state index contributed by atoms with van der Waals surface area (Å²) >= 11 is 0. The molecule has 0 amide bonds. The van der Waals surface area contributed by atoms with E-state index >= 15 is 0 Å². The fraction of sp³-hybridized carbons (Fsp3) is 0.615. The molecule has 0 aliphatic carbocycles. The van der Waals surface area contributed by atoms with Gasteiger partial charge in [0.1, 0.15) is 0 Å². The monoisotopic (exact) mass is 285 g/mol. The molecule has 0 aromatic carbocycles. The zero-order valence-corrected chi connectivity index (χ0v) is 11.6. The number of anilines is 2. The minimum Gasteiger partial charge on any atom is -0.366 e. The third-order valence-electron chi connectivity index (χ3n) is 3.65. The van der Waals surface area contributed by atoms with Crippen molar-refractivity contribution in [1.82, 2.24) is 9.88 Å². The number of hydrogen-bond acceptors (Lipinski definition) is 5. The first kappa shape index (κ1) is 14.9. The summed E-state index contributed by atoms with van der Waals surface area (Å²) in [5, 5.41) is 2.92. The standard InChI is InChI=1S/C13H21F2N5/c1-9(20-5-3-2-4-6-20)8-17-12-10(14)7-11(15)13(18-12)19-16/h7,9H,2-6,8,16H2,1H3,(H2,17,18,19). The fourth-order valence-electron chi connectivity index (χ4n) is 2.42. The molecule has 2 rings (SSSR count). The van der Waals surface area contributed by atoms with E-state index in [9.17, 15) is 8.78 Å². The van der Waals surface area contributed by atoms with Crippen LogP contribution in [0.25, 0.3) is 0 Å². The van der Waals surface area contributed by atoms with Crippen LogP contribution in [0.4, 0.5) is 20.4 Å². The Morgan fingerprint density at radius 2 is 1.90 bits per heavy atom. The van der Waals surface area contributed by atoms with Gasteiger partial charge in [0.05, 0.1) is 0 Å². The number of nitrogens with zero attached hydrogens (tertiary/aromatic N) is 2. The molecule has 1 saturated heterocycles. The summed E-state index contributed by atoms with van der Waals surface area (Å²) in [6, 6.07) is 1.05. The molecule has 5 nitrogen and oxygen atoms in total. The number of pyridine rings is 1. The van der Waals surface area contributed by atoms with Crippen LogP contribution in [-0.2, 0) is 0 Å². The Hall–Kier alpha value is -1.47. The van der Waals surface area contributed by atoms with Crippen molar-refractivity contribution >= 4 is 11.6 Å². The van der Waals surface area contributed by atoms with Crippen LogP contribution in [0, 0.1) is 11.6 Å². The second-order valence-corrected chi connectivity index (χ2v) is 5.12. The molecule has 1 atom stereocenters. The Balaban J connectivity index is 1.96. The number of hydrogen-bond donors (Lipinski definition) is 3. The molecule has 1 aromatic rings. The molecule has 20 heavy (non-hydrogen) atoms. The Kier molecular flexibility index (Phi) is 5.08. The minimum atomic E-state index is -0.806. The molecule has 0 bridgehead atoms. The van der Waals surface area contributed by atoms with E-state index in [1.807, 2.05) is 0 Å². The van der Waals surface area contributed by atoms with Gasteiger partial charge in [0, 0.05) is 18.7 Å². The molecule has 1 aromatic heterocycles. The lowest BCUT2D eigenvalue weighted by atomic mass is 10.1. The smallest absolute Gasteiger partial charge is 0.178 e. The van der Waals surface area contributed by atoms with Crippen molar-refractivity contribution in [3.05, 3.63) is 17.7 Å². The van der Waals surface area contributed by atoms with Crippen molar-refractivity contribution in [2.24, 2.45) is 5.84 Å². The molecule has 2 heterocycles. The van der Waals surface area contributed by atoms with Crippen LogP contribution in [0.15, 0.2) is 6.07 Å². The molecule has 112 valence electrons. The average Bonchev–Trinajstić information content (AvgIpc) is 2.47. The maximum atomic E-state index is 13.6. The van der Waals surface area contributed by atoms with Crippen molar-refractivity contribution in [2.45, 2.75) is 32.2 Å². The highest BCUT2D eigenvalue weighted by molar-refractivity contribution is 5.46. The van der Waals surface area contributed by atoms with E-state index in [1.165, 1.54) is 19.3 Å². The van der Waals surface area contributed by atoms with Gasteiger partial charge in [-0.1, -0.05) is 6.42 Å². The van der Waals surface area contributed by atoms with E-state index in [2.05, 4.69) is 27.6 Å². The summed E-state index contributed by atoms with van der Waals surface area (Å²) in [6.07, 6.45) is 3.68. The lowest BCUT2D eigenvalue weighted by molar-refractivity contribution is 0.180. The van der Waals surface area contributed by atoms with Gasteiger partial charge in [-0.3, -0.25) is 4.90 Å². The van der Waals surface area contributed by atoms with Crippen LogP contribution < -0.4 is 16.6 Å². The van der Waals surface area contributed by atoms with Crippen LogP contribution in [-0.4, -0.2) is 35.6 Å². The Labute approximate surface area is 117 Å². The highest BCUT2D eigenvalue weighted by Gasteiger charge is 2.17. The van der Waals surface area contributed by atoms with Gasteiger partial charge < -0.3 is 10.7 Å². The van der Waals surface area contributed by atoms with E-state index in [1.54, 1.807) is 0 Å². The lowest BCUT2D eigenvalue weighted by Gasteiger charge is -2.32. The van der Waals surface area contributed by atoms with E-state index in [4.69, 9.17) is 5.84 Å². The minimum absolute atomic E-state index is 0.0169. The lowest BCUT2D eigenvalue weighted by Crippen LogP contribution is -2.41. The number of halogens is 2. The van der Waals surface area contributed by atoms with Crippen LogP contribution in [0.3, 0.4) is 0 Å². The number of rotatable bonds is 5. The largest absolute Gasteiger partial charge is 0.366 e. The first-order valence-electron chi connectivity index (χ1n) is 6.92. The summed E-state index contributed by atoms with van der Waals surface area (Å²) in [7, 11) is 0. The van der Waals surface area contributed by atoms with Gasteiger partial charge in [-0.05, 0) is 32.9 Å². The quantitative estimate of drug-likeness (QED) is 0.570. The van der Waals surface area contributed by atoms with Gasteiger partial charge in [-0.2, -0.15) is 0 Å². The second kappa shape index (κ2) is 6.81. The third kappa shape index (κ3) is 3.55. The van der Waals surface area contributed by atoms with Crippen molar-refractivity contribution in [3.63, 3.8) is 0 Å². The van der Waals surface area contributed by atoms with E-state index in [0.717, 1.165) is 19.2 Å². The summed E-state index contributed by atoms with van der Waals surface area (Å²) in [5.74, 6) is 3.46. The zero-order valence-electron chi connectivity index (χ0n) is 11.6. The number of aromatic nitrogens is 1. The highest BCUT2D eigenvalue weighted by atomic mass is 19.1. The highest BCUT2D eigenvalue weighted by Crippen LogP contribution is 2.19. The summed E-state index contributed by atoms with van der Waals surface area (Å²) in [4.78, 5) is 6.15. The average molecular weight is 285 g/mol. The topological polar surface area (TPSA) is 66.2 Å². The molecule has 7 heteroatoms. The van der Waals surface area contributed by atoms with Crippen LogP contribution in [0.2, 0.25) is 0 Å². The predicted molar refractivity (Wildman–Crippen MR) is 75.3 cm³/mol. The normalized spacial score (nSPS) is 17.8. The summed E-state index contributed by atoms with van der Waals surface area (Å²) < 4.78 is 26.9. The van der Waals surface area contributed by atoms with E-state index in [-0.39, 0.29) is 17.7 Å². The van der Waals surface area contributed by atoms with Crippen molar-refractivity contribution in [1.29, 1.82) is 0 Å². The van der Waals surface area contributed by atoms with Crippen LogP contribution >= 0.6 is 0 Å². The Morgan fingerprint density at radius 3 is 2.55 bits per heavy atom. The first-order chi connectivity index (χ1) is 9.61. The SMILES string of the molecule is CC(CNc1nc(NN)c(F)cc1F)N1CCCCC1. The number of nitrogens with one attached hydrogen (secondary N) is 2. The fourth-order valence-corrected chi connectivity index (χ4v) is 2.42. The molecule has 1 unspecified atom stereocenters. The molecule has 0 radical (unpaired) electrons. The van der Waals surface area contributed by atoms with Gasteiger partial charge in [-0.15, -0.1) is 0 Å². The van der Waals surface area contributed by atoms with Crippen molar-refractivity contribution in [3.8, 4) is 0 Å². The first-order valence-corrected chi connectivity index (χ1v) is 6.92. The zero-order chi connectivity index (χ0) is 14.5. The molecule has 1 aliphatic heterocycles. The van der Waals surface area contributed by atoms with Gasteiger partial charge in [0.2, 0.25) is 0 Å². The molecule has 0 saturated carbocycles. The van der Waals surface area contributed by atoms with Crippen molar-refractivity contribution < 1.29 is 8.78 Å². The van der Waals surface area contributed by atoms with E-state index < -0.39 is 11.6 Å². The molecule has 1 fully saturated rings. The van der Waals surface area contributed by atoms with E-state index in [0.29, 0.717) is 6.54 Å². The summed E-state index contributed by atoms with van der Waals surface area (Å²) in [6.45, 7) is 4.77. The maximum absolute atomic E-state index is 13.6. The molecular weight excluding hydrogens is 264 g/mol. The van der Waals surface area contributed by atoms with Gasteiger partial charge in [0.15, 0.2) is 23.3 Å². The molecule has 1 aliphatic rings. The summed E-state index contributed by atoms with van der Waals surface area (Å²) in [5.41, 5.74) is 2.11. The number of nitrogens with two attached hydrogens (primary N) is 1. The maximum Gasteiger partial charge on any atom is 0.178 e. The van der Waals surface area contributed by atoms with Gasteiger partial charge in [0.25, 0.3) is 0 Å². The molecular formula is C13H21F2N5. The van der Waals surface area contributed by atoms with Crippen LogP contribution in [0.1, 0.15) is 26.2 Å². The third-order valence-corrected chi connectivity index (χ3v) is 3.65. The number of nitrogen functional groups attached to an aromatic ring is 1. The predicted octanol–water partition coefficient (Wildman–Crippen LogP) is 1.93. The second-order valence-electron chi connectivity index (χ2n) is 5.12. The van der Waals surface area contributed by atoms with Gasteiger partial charge >= 0.3 is 0 Å². The Bertz CT molecular complexity index is 449. The van der Waals surface area contributed by atoms with Crippen molar-refractivity contribution in [2.75, 3.05) is 30.4 Å². The molecule has 0 spiro atoms. The number of likely N-dealkylation sites (tertiary alicyclic amines) is 1. The molecule has 4 N–H and O–H groups in total. The number of piperidine rings is 1. The Morgan fingerprint density at radius 1 is 1.25 bits per heavy atom. The number of hydrazine groups is 1. The van der Waals surface area contributed by atoms with Gasteiger partial charge in [-0.25, -0.2) is 19.6 Å². The van der Waals surface area contributed by atoms with Crippen LogP contribution in [0.5, 0.6) is 0 Å².